The lowest BCUT2D eigenvalue weighted by Gasteiger charge is -2.05. The minimum absolute atomic E-state index is 0.184. The van der Waals surface area contributed by atoms with Crippen LogP contribution in [-0.2, 0) is 17.8 Å². The van der Waals surface area contributed by atoms with Crippen molar-refractivity contribution in [3.05, 3.63) is 57.4 Å². The fourth-order valence-corrected chi connectivity index (χ4v) is 3.27. The van der Waals surface area contributed by atoms with Gasteiger partial charge in [-0.3, -0.25) is 4.57 Å². The number of nitrogen functional groups attached to an aromatic ring is 1. The average molecular weight is 493 g/mol. The van der Waals surface area contributed by atoms with Crippen LogP contribution in [0.25, 0.3) is 10.4 Å². The zero-order chi connectivity index (χ0) is 24.8. The van der Waals surface area contributed by atoms with Crippen molar-refractivity contribution in [3.8, 4) is 10.4 Å². The number of carboxylic acids is 1. The number of thiophene rings is 1. The van der Waals surface area contributed by atoms with Gasteiger partial charge in [-0.05, 0) is 12.1 Å². The molecule has 0 atom stereocenters. The van der Waals surface area contributed by atoms with Crippen LogP contribution in [0.15, 0.2) is 41.0 Å². The van der Waals surface area contributed by atoms with Crippen LogP contribution in [0.3, 0.4) is 0 Å². The molecule has 0 bridgehead atoms. The lowest BCUT2D eigenvalue weighted by molar-refractivity contribution is -0.192. The lowest BCUT2D eigenvalue weighted by atomic mass is 10.2. The van der Waals surface area contributed by atoms with Gasteiger partial charge in [0, 0.05) is 46.3 Å². The first-order chi connectivity index (χ1) is 15.4. The van der Waals surface area contributed by atoms with E-state index in [0.29, 0.717) is 0 Å². The molecule has 6 N–H and O–H groups in total. The number of H-pyrrole nitrogens is 1. The number of anilines is 1. The van der Waals surface area contributed by atoms with Gasteiger partial charge in [0.1, 0.15) is 5.82 Å². The average Bonchev–Trinajstić information content (AvgIpc) is 3.34. The van der Waals surface area contributed by atoms with Gasteiger partial charge in [0.25, 0.3) is 6.08 Å². The normalized spacial score (nSPS) is 11.0. The second kappa shape index (κ2) is 10.8. The number of rotatable bonds is 6. The Morgan fingerprint density at radius 1 is 1.21 bits per heavy atom. The second-order valence-corrected chi connectivity index (χ2v) is 7.34. The van der Waals surface area contributed by atoms with Gasteiger partial charge in [-0.25, -0.2) is 24.7 Å². The zero-order valence-corrected chi connectivity index (χ0v) is 17.3. The molecule has 3 aromatic rings. The second-order valence-electron chi connectivity index (χ2n) is 6.17. The molecular formula is C17H16F5N7O3S. The third kappa shape index (κ3) is 7.18. The number of aliphatic carboxylic acids is 1. The molecule has 0 aliphatic heterocycles. The molecule has 0 aliphatic carbocycles. The summed E-state index contributed by atoms with van der Waals surface area (Å²) in [4.78, 5) is 30.5. The third-order valence-corrected chi connectivity index (χ3v) is 5.02. The van der Waals surface area contributed by atoms with E-state index in [1.54, 1.807) is 12.4 Å². The molecule has 3 rings (SSSR count). The first-order valence-corrected chi connectivity index (χ1v) is 9.57. The highest BCUT2D eigenvalue weighted by atomic mass is 32.1. The van der Waals surface area contributed by atoms with E-state index in [1.807, 2.05) is 12.1 Å². The Labute approximate surface area is 185 Å². The molecule has 0 amide bonds. The standard InChI is InChI=1S/C15H15F2N7OS.C2HF3O2/c16-13(17)8(4-18)3-12-22-23-15(25)24(12)7-10-1-2-11(26-10)9-5-20-14(19)21-6-9;3-2(4,5)1(6)7/h1-2,5-6H,3-4,7,18H2,(H,23,25)(H2,19,20,21);(H,6,7). The molecule has 0 saturated heterocycles. The summed E-state index contributed by atoms with van der Waals surface area (Å²) in [5.41, 5.74) is 10.9. The first-order valence-electron chi connectivity index (χ1n) is 8.76. The fourth-order valence-electron chi connectivity index (χ4n) is 2.29. The highest BCUT2D eigenvalue weighted by Crippen LogP contribution is 2.28. The van der Waals surface area contributed by atoms with E-state index in [-0.39, 0.29) is 36.9 Å². The minimum Gasteiger partial charge on any atom is -0.475 e. The van der Waals surface area contributed by atoms with Crippen molar-refractivity contribution in [1.82, 2.24) is 24.7 Å². The Hall–Kier alpha value is -3.66. The fraction of sp³-hybridized carbons (Fsp3) is 0.235. The largest absolute Gasteiger partial charge is 0.490 e. The highest BCUT2D eigenvalue weighted by Gasteiger charge is 2.38. The van der Waals surface area contributed by atoms with Crippen molar-refractivity contribution in [1.29, 1.82) is 0 Å². The van der Waals surface area contributed by atoms with Gasteiger partial charge >= 0.3 is 17.8 Å². The molecule has 33 heavy (non-hydrogen) atoms. The molecule has 0 fully saturated rings. The quantitative estimate of drug-likeness (QED) is 0.379. The summed E-state index contributed by atoms with van der Waals surface area (Å²) in [5.74, 6) is -2.37. The van der Waals surface area contributed by atoms with Crippen LogP contribution in [0.4, 0.5) is 27.9 Å². The maximum Gasteiger partial charge on any atom is 0.490 e. The molecule has 0 saturated carbocycles. The number of aromatic amines is 1. The molecule has 3 heterocycles. The summed E-state index contributed by atoms with van der Waals surface area (Å²) < 4.78 is 58.7. The molecule has 0 aromatic carbocycles. The Morgan fingerprint density at radius 2 is 1.82 bits per heavy atom. The smallest absolute Gasteiger partial charge is 0.475 e. The van der Waals surface area contributed by atoms with Crippen LogP contribution in [0.5, 0.6) is 0 Å². The van der Waals surface area contributed by atoms with E-state index < -0.39 is 23.9 Å². The summed E-state index contributed by atoms with van der Waals surface area (Å²) in [7, 11) is 0. The predicted octanol–water partition coefficient (Wildman–Crippen LogP) is 2.01. The van der Waals surface area contributed by atoms with Gasteiger partial charge in [-0.2, -0.15) is 27.1 Å². The Morgan fingerprint density at radius 3 is 2.33 bits per heavy atom. The minimum atomic E-state index is -5.08. The van der Waals surface area contributed by atoms with E-state index in [2.05, 4.69) is 20.2 Å². The first kappa shape index (κ1) is 25.6. The van der Waals surface area contributed by atoms with Crippen LogP contribution < -0.4 is 17.2 Å². The number of halogens is 5. The molecule has 16 heteroatoms. The zero-order valence-electron chi connectivity index (χ0n) is 16.4. The summed E-state index contributed by atoms with van der Waals surface area (Å²) in [6.07, 6.45) is -3.91. The number of aromatic nitrogens is 5. The van der Waals surface area contributed by atoms with Gasteiger partial charge < -0.3 is 16.6 Å². The Bertz CT molecular complexity index is 1180. The number of hydrogen-bond acceptors (Lipinski definition) is 8. The predicted molar refractivity (Wildman–Crippen MR) is 107 cm³/mol. The van der Waals surface area contributed by atoms with Crippen molar-refractivity contribution < 1.29 is 31.9 Å². The van der Waals surface area contributed by atoms with Crippen molar-refractivity contribution in [2.75, 3.05) is 12.3 Å². The molecule has 3 aromatic heterocycles. The summed E-state index contributed by atoms with van der Waals surface area (Å²) in [6.45, 7) is -0.0966. The van der Waals surface area contributed by atoms with Crippen LogP contribution in [0.2, 0.25) is 0 Å². The van der Waals surface area contributed by atoms with Gasteiger partial charge in [0.15, 0.2) is 0 Å². The molecule has 0 radical (unpaired) electrons. The number of hydrogen-bond donors (Lipinski definition) is 4. The maximum atomic E-state index is 12.8. The van der Waals surface area contributed by atoms with E-state index in [1.165, 1.54) is 15.9 Å². The molecule has 178 valence electrons. The third-order valence-electron chi connectivity index (χ3n) is 3.90. The van der Waals surface area contributed by atoms with E-state index >= 15 is 0 Å². The topological polar surface area (TPSA) is 166 Å². The number of carboxylic acid groups (broad SMARTS) is 1. The van der Waals surface area contributed by atoms with Crippen molar-refractivity contribution in [3.63, 3.8) is 0 Å². The number of alkyl halides is 3. The molecule has 0 spiro atoms. The molecule has 0 aliphatic rings. The molecule has 0 unspecified atom stereocenters. The monoisotopic (exact) mass is 493 g/mol. The van der Waals surface area contributed by atoms with Crippen LogP contribution >= 0.6 is 11.3 Å². The van der Waals surface area contributed by atoms with Crippen molar-refractivity contribution >= 4 is 23.3 Å². The molecular weight excluding hydrogens is 477 g/mol. The van der Waals surface area contributed by atoms with Crippen LogP contribution in [0, 0.1) is 0 Å². The number of nitrogens with one attached hydrogen (secondary N) is 1. The van der Waals surface area contributed by atoms with Gasteiger partial charge in [0.2, 0.25) is 5.95 Å². The highest BCUT2D eigenvalue weighted by molar-refractivity contribution is 7.15. The lowest BCUT2D eigenvalue weighted by Crippen LogP contribution is -2.21. The Balaban J connectivity index is 0.000000479. The van der Waals surface area contributed by atoms with E-state index in [9.17, 15) is 26.7 Å². The Kier molecular flexibility index (Phi) is 8.36. The van der Waals surface area contributed by atoms with Gasteiger partial charge in [-0.15, -0.1) is 11.3 Å². The van der Waals surface area contributed by atoms with E-state index in [4.69, 9.17) is 21.4 Å². The number of carbonyl (C=O) groups is 1. The summed E-state index contributed by atoms with van der Waals surface area (Å²) >= 11 is 1.43. The summed E-state index contributed by atoms with van der Waals surface area (Å²) in [6, 6.07) is 3.71. The van der Waals surface area contributed by atoms with E-state index in [0.717, 1.165) is 15.3 Å². The van der Waals surface area contributed by atoms with Crippen molar-refractivity contribution in [2.24, 2.45) is 5.73 Å². The van der Waals surface area contributed by atoms with Crippen LogP contribution in [0.1, 0.15) is 10.7 Å². The van der Waals surface area contributed by atoms with Gasteiger partial charge in [-0.1, -0.05) is 0 Å². The summed E-state index contributed by atoms with van der Waals surface area (Å²) in [5, 5.41) is 13.2. The SMILES string of the molecule is NCC(Cc1n[nH]c(=O)n1Cc1ccc(-c2cnc(N)nc2)s1)=C(F)F.O=C(O)C(F)(F)F. The number of nitrogens with zero attached hydrogens (tertiary/aromatic N) is 4. The van der Waals surface area contributed by atoms with Gasteiger partial charge in [0.05, 0.1) is 6.54 Å². The number of nitrogens with two attached hydrogens (primary N) is 2. The molecule has 10 nitrogen and oxygen atoms in total. The van der Waals surface area contributed by atoms with Crippen molar-refractivity contribution in [2.45, 2.75) is 19.1 Å². The maximum absolute atomic E-state index is 12.8. The van der Waals surface area contributed by atoms with Crippen LogP contribution in [-0.4, -0.2) is 48.5 Å².